The van der Waals surface area contributed by atoms with Crippen LogP contribution in [0.5, 0.6) is 0 Å². The molecule has 0 bridgehead atoms. The lowest BCUT2D eigenvalue weighted by atomic mass is 10.2. The lowest BCUT2D eigenvalue weighted by Crippen LogP contribution is -2.01. The quantitative estimate of drug-likeness (QED) is 0.666. The Labute approximate surface area is 109 Å². The van der Waals surface area contributed by atoms with Gasteiger partial charge in [-0.15, -0.1) is 0 Å². The molecule has 0 saturated carbocycles. The number of aldehydes is 1. The molecule has 6 nitrogen and oxygen atoms in total. The van der Waals surface area contributed by atoms with E-state index in [4.69, 9.17) is 4.52 Å². The Kier molecular flexibility index (Phi) is 2.83. The van der Waals surface area contributed by atoms with Crippen molar-refractivity contribution in [2.75, 3.05) is 0 Å². The van der Waals surface area contributed by atoms with Crippen LogP contribution in [0.3, 0.4) is 0 Å². The highest BCUT2D eigenvalue weighted by molar-refractivity contribution is 5.95. The molecule has 0 N–H and O–H groups in total. The SMILES string of the molecule is CCc1nc(Cn2cc(C=O)c3cccnc32)no1. The molecule has 0 spiro atoms. The molecule has 3 rings (SSSR count). The van der Waals surface area contributed by atoms with Crippen LogP contribution in [0.1, 0.15) is 29.0 Å². The summed E-state index contributed by atoms with van der Waals surface area (Å²) >= 11 is 0. The number of nitrogens with zero attached hydrogens (tertiary/aromatic N) is 4. The molecule has 3 aromatic rings. The van der Waals surface area contributed by atoms with E-state index in [1.165, 1.54) is 0 Å². The summed E-state index contributed by atoms with van der Waals surface area (Å²) in [5.41, 5.74) is 1.36. The predicted octanol–water partition coefficient (Wildman–Crippen LogP) is 1.84. The third-order valence-corrected chi connectivity index (χ3v) is 2.92. The molecule has 0 atom stereocenters. The summed E-state index contributed by atoms with van der Waals surface area (Å²) in [6, 6.07) is 3.68. The van der Waals surface area contributed by atoms with Crippen LogP contribution in [0.2, 0.25) is 0 Å². The fraction of sp³-hybridized carbons (Fsp3) is 0.231. The maximum absolute atomic E-state index is 11.0. The molecule has 19 heavy (non-hydrogen) atoms. The summed E-state index contributed by atoms with van der Waals surface area (Å²) in [5, 5.41) is 4.73. The minimum Gasteiger partial charge on any atom is -0.339 e. The Morgan fingerprint density at radius 3 is 3.11 bits per heavy atom. The first kappa shape index (κ1) is 11.6. The van der Waals surface area contributed by atoms with Crippen molar-refractivity contribution in [3.05, 3.63) is 41.8 Å². The number of carbonyl (C=O) groups excluding carboxylic acids is 1. The third kappa shape index (κ3) is 2.01. The Morgan fingerprint density at radius 1 is 1.47 bits per heavy atom. The number of pyridine rings is 1. The second-order valence-electron chi connectivity index (χ2n) is 4.16. The van der Waals surface area contributed by atoms with Crippen LogP contribution in [0.4, 0.5) is 0 Å². The molecule has 3 heterocycles. The molecule has 0 amide bonds. The summed E-state index contributed by atoms with van der Waals surface area (Å²) in [4.78, 5) is 19.6. The maximum atomic E-state index is 11.0. The molecule has 96 valence electrons. The van der Waals surface area contributed by atoms with Gasteiger partial charge in [0.15, 0.2) is 12.1 Å². The second-order valence-corrected chi connectivity index (χ2v) is 4.16. The van der Waals surface area contributed by atoms with Crippen molar-refractivity contribution < 1.29 is 9.32 Å². The Balaban J connectivity index is 2.02. The van der Waals surface area contributed by atoms with E-state index in [-0.39, 0.29) is 0 Å². The fourth-order valence-corrected chi connectivity index (χ4v) is 2.01. The molecule has 0 radical (unpaired) electrons. The summed E-state index contributed by atoms with van der Waals surface area (Å²) in [5.74, 6) is 1.19. The summed E-state index contributed by atoms with van der Waals surface area (Å²) in [6.07, 6.45) is 4.99. The van der Waals surface area contributed by atoms with E-state index >= 15 is 0 Å². The lowest BCUT2D eigenvalue weighted by molar-refractivity contribution is 0.112. The van der Waals surface area contributed by atoms with Crippen LogP contribution < -0.4 is 0 Å². The first-order valence-electron chi connectivity index (χ1n) is 6.02. The van der Waals surface area contributed by atoms with Gasteiger partial charge in [0.2, 0.25) is 5.89 Å². The molecule has 0 unspecified atom stereocenters. The second kappa shape index (κ2) is 4.64. The molecular weight excluding hydrogens is 244 g/mol. The average Bonchev–Trinajstić information content (AvgIpc) is 3.04. The van der Waals surface area contributed by atoms with Crippen molar-refractivity contribution in [2.24, 2.45) is 0 Å². The molecule has 6 heteroatoms. The first-order valence-corrected chi connectivity index (χ1v) is 6.02. The number of aryl methyl sites for hydroxylation is 1. The van der Waals surface area contributed by atoms with Crippen LogP contribution in [0.25, 0.3) is 11.0 Å². The van der Waals surface area contributed by atoms with Gasteiger partial charge in [-0.1, -0.05) is 12.1 Å². The number of aromatic nitrogens is 4. The third-order valence-electron chi connectivity index (χ3n) is 2.92. The molecule has 3 aromatic heterocycles. The minimum atomic E-state index is 0.435. The van der Waals surface area contributed by atoms with E-state index in [1.54, 1.807) is 12.4 Å². The zero-order valence-electron chi connectivity index (χ0n) is 10.4. The first-order chi connectivity index (χ1) is 9.31. The Hall–Kier alpha value is -2.50. The normalized spacial score (nSPS) is 11.0. The summed E-state index contributed by atoms with van der Waals surface area (Å²) < 4.78 is 6.92. The molecule has 0 aliphatic heterocycles. The highest BCUT2D eigenvalue weighted by atomic mass is 16.5. The van der Waals surface area contributed by atoms with Crippen molar-refractivity contribution in [1.29, 1.82) is 0 Å². The van der Waals surface area contributed by atoms with Gasteiger partial charge in [0.25, 0.3) is 0 Å². The zero-order chi connectivity index (χ0) is 13.2. The van der Waals surface area contributed by atoms with Gasteiger partial charge in [-0.3, -0.25) is 4.79 Å². The van der Waals surface area contributed by atoms with Crippen LogP contribution in [0, 0.1) is 0 Å². The lowest BCUT2D eigenvalue weighted by Gasteiger charge is -1.99. The zero-order valence-corrected chi connectivity index (χ0v) is 10.4. The summed E-state index contributed by atoms with van der Waals surface area (Å²) in [6.45, 7) is 2.39. The van der Waals surface area contributed by atoms with Gasteiger partial charge in [-0.25, -0.2) is 4.98 Å². The number of carbonyl (C=O) groups is 1. The van der Waals surface area contributed by atoms with Crippen LogP contribution in [-0.2, 0) is 13.0 Å². The molecular formula is C13H12N4O2. The Morgan fingerprint density at radius 2 is 2.37 bits per heavy atom. The van der Waals surface area contributed by atoms with Gasteiger partial charge in [-0.2, -0.15) is 4.98 Å². The van der Waals surface area contributed by atoms with E-state index in [0.29, 0.717) is 30.2 Å². The van der Waals surface area contributed by atoms with Crippen molar-refractivity contribution >= 4 is 17.3 Å². The average molecular weight is 256 g/mol. The minimum absolute atomic E-state index is 0.435. The molecule has 0 saturated heterocycles. The molecule has 0 fully saturated rings. The monoisotopic (exact) mass is 256 g/mol. The molecule has 0 aliphatic rings. The van der Waals surface area contributed by atoms with Gasteiger partial charge >= 0.3 is 0 Å². The number of hydrogen-bond donors (Lipinski definition) is 0. The number of rotatable bonds is 4. The van der Waals surface area contributed by atoms with E-state index in [2.05, 4.69) is 15.1 Å². The van der Waals surface area contributed by atoms with E-state index in [1.807, 2.05) is 23.6 Å². The van der Waals surface area contributed by atoms with Gasteiger partial charge in [0.05, 0.1) is 6.54 Å². The van der Waals surface area contributed by atoms with Gasteiger partial charge in [-0.05, 0) is 12.1 Å². The topological polar surface area (TPSA) is 73.8 Å². The maximum Gasteiger partial charge on any atom is 0.226 e. The molecule has 0 aliphatic carbocycles. The highest BCUT2D eigenvalue weighted by Gasteiger charge is 2.11. The van der Waals surface area contributed by atoms with E-state index < -0.39 is 0 Å². The number of hydrogen-bond acceptors (Lipinski definition) is 5. The van der Waals surface area contributed by atoms with Gasteiger partial charge in [0.1, 0.15) is 5.65 Å². The van der Waals surface area contributed by atoms with Crippen LogP contribution >= 0.6 is 0 Å². The largest absolute Gasteiger partial charge is 0.339 e. The Bertz CT molecular complexity index is 729. The van der Waals surface area contributed by atoms with Crippen molar-refractivity contribution in [2.45, 2.75) is 19.9 Å². The van der Waals surface area contributed by atoms with Crippen molar-refractivity contribution in [3.63, 3.8) is 0 Å². The summed E-state index contributed by atoms with van der Waals surface area (Å²) in [7, 11) is 0. The highest BCUT2D eigenvalue weighted by Crippen LogP contribution is 2.18. The van der Waals surface area contributed by atoms with Crippen LogP contribution in [0.15, 0.2) is 29.0 Å². The van der Waals surface area contributed by atoms with E-state index in [9.17, 15) is 4.79 Å². The van der Waals surface area contributed by atoms with Crippen molar-refractivity contribution in [1.82, 2.24) is 19.7 Å². The van der Waals surface area contributed by atoms with Gasteiger partial charge < -0.3 is 9.09 Å². The van der Waals surface area contributed by atoms with Crippen molar-refractivity contribution in [3.8, 4) is 0 Å². The van der Waals surface area contributed by atoms with Crippen LogP contribution in [-0.4, -0.2) is 26.0 Å². The number of fused-ring (bicyclic) bond motifs is 1. The standard InChI is InChI=1S/C13H12N4O2/c1-2-12-15-11(16-19-12)7-17-6-9(8-18)10-4-3-5-14-13(10)17/h3-6,8H,2,7H2,1H3. The molecule has 0 aromatic carbocycles. The fourth-order valence-electron chi connectivity index (χ4n) is 2.01. The smallest absolute Gasteiger partial charge is 0.226 e. The predicted molar refractivity (Wildman–Crippen MR) is 67.9 cm³/mol. The van der Waals surface area contributed by atoms with Gasteiger partial charge in [0, 0.05) is 29.8 Å². The van der Waals surface area contributed by atoms with E-state index in [0.717, 1.165) is 17.3 Å².